The highest BCUT2D eigenvalue weighted by Gasteiger charge is 2.04. The van der Waals surface area contributed by atoms with Gasteiger partial charge in [0.2, 0.25) is 4.80 Å². The molecular weight excluding hydrogens is 294 g/mol. The zero-order valence-corrected chi connectivity index (χ0v) is 11.8. The lowest BCUT2D eigenvalue weighted by atomic mass is 10.3. The normalized spacial score (nSPS) is 12.3. The van der Waals surface area contributed by atoms with E-state index in [-0.39, 0.29) is 4.87 Å². The van der Waals surface area contributed by atoms with Crippen LogP contribution in [0.4, 0.5) is 0 Å². The molecule has 0 saturated carbocycles. The van der Waals surface area contributed by atoms with Crippen LogP contribution in [0.5, 0.6) is 0 Å². The Bertz CT molecular complexity index is 826. The Balaban J connectivity index is 2.01. The molecule has 3 rings (SSSR count). The van der Waals surface area contributed by atoms with E-state index in [0.29, 0.717) is 10.6 Å². The molecule has 0 spiro atoms. The lowest BCUT2D eigenvalue weighted by Gasteiger charge is -1.98. The molecule has 100 valence electrons. The largest absolute Gasteiger partial charge is 0.463 e. The molecule has 0 aliphatic heterocycles. The summed E-state index contributed by atoms with van der Waals surface area (Å²) >= 11 is 0. The number of furan rings is 1. The number of hydrogen-bond acceptors (Lipinski definition) is 6. The van der Waals surface area contributed by atoms with Gasteiger partial charge in [0.25, 0.3) is 0 Å². The Labute approximate surface area is 121 Å². The van der Waals surface area contributed by atoms with Crippen molar-refractivity contribution in [2.75, 3.05) is 0 Å². The van der Waals surface area contributed by atoms with Gasteiger partial charge in [-0.25, -0.2) is 4.57 Å². The van der Waals surface area contributed by atoms with Gasteiger partial charge >= 0.3 is 4.87 Å². The molecule has 7 heteroatoms. The Morgan fingerprint density at radius 2 is 1.95 bits per heavy atom. The fourth-order valence-electron chi connectivity index (χ4n) is 1.58. The van der Waals surface area contributed by atoms with Gasteiger partial charge in [-0.1, -0.05) is 18.2 Å². The summed E-state index contributed by atoms with van der Waals surface area (Å²) in [5.41, 5.74) is 0.780. The molecular formula is C13H9N3O2S2. The van der Waals surface area contributed by atoms with E-state index >= 15 is 0 Å². The zero-order chi connectivity index (χ0) is 13.8. The van der Waals surface area contributed by atoms with Crippen LogP contribution in [-0.2, 0) is 0 Å². The molecule has 0 saturated heterocycles. The van der Waals surface area contributed by atoms with Crippen LogP contribution in [-0.4, -0.2) is 10.8 Å². The van der Waals surface area contributed by atoms with Gasteiger partial charge in [0.1, 0.15) is 5.76 Å². The van der Waals surface area contributed by atoms with Gasteiger partial charge < -0.3 is 4.42 Å². The highest BCUT2D eigenvalue weighted by atomic mass is 32.9. The van der Waals surface area contributed by atoms with Crippen molar-refractivity contribution in [3.8, 4) is 5.69 Å². The predicted octanol–water partition coefficient (Wildman–Crippen LogP) is 2.49. The molecule has 2 aromatic heterocycles. The summed E-state index contributed by atoms with van der Waals surface area (Å²) in [4.78, 5) is 12.4. The molecule has 0 atom stereocenters. The number of para-hydroxylation sites is 1. The SMILES string of the molecule is O=c1ss/c(=N/N=C/c2ccco2)n1-c1ccccc1. The van der Waals surface area contributed by atoms with E-state index in [1.54, 1.807) is 18.4 Å². The quantitative estimate of drug-likeness (QED) is 0.424. The van der Waals surface area contributed by atoms with Crippen molar-refractivity contribution in [3.63, 3.8) is 0 Å². The highest BCUT2D eigenvalue weighted by molar-refractivity contribution is 7.67. The van der Waals surface area contributed by atoms with E-state index in [9.17, 15) is 4.79 Å². The Morgan fingerprint density at radius 3 is 2.70 bits per heavy atom. The van der Waals surface area contributed by atoms with E-state index in [1.165, 1.54) is 21.1 Å². The number of nitrogens with zero attached hydrogens (tertiary/aromatic N) is 3. The zero-order valence-electron chi connectivity index (χ0n) is 10.2. The molecule has 0 radical (unpaired) electrons. The smallest absolute Gasteiger partial charge is 0.323 e. The molecule has 5 nitrogen and oxygen atoms in total. The number of aromatic nitrogens is 1. The first-order valence-corrected chi connectivity index (χ1v) is 7.88. The first-order chi connectivity index (χ1) is 9.84. The van der Waals surface area contributed by atoms with E-state index in [2.05, 4.69) is 10.2 Å². The van der Waals surface area contributed by atoms with Crippen molar-refractivity contribution in [1.29, 1.82) is 0 Å². The van der Waals surface area contributed by atoms with Crippen molar-refractivity contribution in [3.05, 3.63) is 69.0 Å². The molecule has 0 aliphatic rings. The Morgan fingerprint density at radius 1 is 1.10 bits per heavy atom. The van der Waals surface area contributed by atoms with Crippen LogP contribution in [0.25, 0.3) is 5.69 Å². The predicted molar refractivity (Wildman–Crippen MR) is 79.7 cm³/mol. The van der Waals surface area contributed by atoms with Crippen LogP contribution in [0.3, 0.4) is 0 Å². The molecule has 20 heavy (non-hydrogen) atoms. The van der Waals surface area contributed by atoms with Crippen molar-refractivity contribution in [2.45, 2.75) is 0 Å². The minimum Gasteiger partial charge on any atom is -0.463 e. The highest BCUT2D eigenvalue weighted by Crippen LogP contribution is 2.04. The average Bonchev–Trinajstić information content (AvgIpc) is 3.10. The molecule has 1 aromatic carbocycles. The van der Waals surface area contributed by atoms with Gasteiger partial charge in [-0.05, 0) is 44.9 Å². The third kappa shape index (κ3) is 2.68. The first-order valence-electron chi connectivity index (χ1n) is 5.73. The summed E-state index contributed by atoms with van der Waals surface area (Å²) in [7, 11) is 2.42. The second-order valence-electron chi connectivity index (χ2n) is 3.75. The van der Waals surface area contributed by atoms with E-state index in [1.807, 2.05) is 30.3 Å². The minimum atomic E-state index is -0.0758. The molecule has 0 unspecified atom stereocenters. The second kappa shape index (κ2) is 5.81. The first kappa shape index (κ1) is 12.8. The van der Waals surface area contributed by atoms with E-state index in [0.717, 1.165) is 16.0 Å². The van der Waals surface area contributed by atoms with Crippen LogP contribution in [0.15, 0.2) is 68.1 Å². The number of benzene rings is 1. The third-order valence-electron chi connectivity index (χ3n) is 2.45. The molecule has 3 aromatic rings. The standard InChI is InChI=1S/C13H9N3O2S2/c17-13-16(10-5-2-1-3-6-10)12(19-20-13)15-14-9-11-7-4-8-18-11/h1-9H/b14-9+,15-12+. The van der Waals surface area contributed by atoms with Crippen molar-refractivity contribution >= 4 is 26.9 Å². The Hall–Kier alpha value is -2.25. The van der Waals surface area contributed by atoms with Crippen LogP contribution < -0.4 is 9.67 Å². The summed E-state index contributed by atoms with van der Waals surface area (Å²) in [5.74, 6) is 0.614. The average molecular weight is 303 g/mol. The summed E-state index contributed by atoms with van der Waals surface area (Å²) in [6.45, 7) is 0. The van der Waals surface area contributed by atoms with Crippen molar-refractivity contribution < 1.29 is 4.42 Å². The number of rotatable bonds is 3. The molecule has 0 aliphatic carbocycles. The number of hydrogen-bond donors (Lipinski definition) is 0. The van der Waals surface area contributed by atoms with Gasteiger partial charge in [0.05, 0.1) is 18.2 Å². The topological polar surface area (TPSA) is 59.9 Å². The van der Waals surface area contributed by atoms with E-state index < -0.39 is 0 Å². The van der Waals surface area contributed by atoms with Gasteiger partial charge in [0.15, 0.2) is 0 Å². The summed E-state index contributed by atoms with van der Waals surface area (Å²) < 4.78 is 6.66. The van der Waals surface area contributed by atoms with Gasteiger partial charge in [-0.2, -0.15) is 5.10 Å². The summed E-state index contributed by atoms with van der Waals surface area (Å²) in [6, 6.07) is 12.9. The minimum absolute atomic E-state index is 0.0758. The maximum atomic E-state index is 11.9. The monoisotopic (exact) mass is 303 g/mol. The Kier molecular flexibility index (Phi) is 3.71. The lowest BCUT2D eigenvalue weighted by Crippen LogP contribution is -2.22. The van der Waals surface area contributed by atoms with Gasteiger partial charge in [-0.15, -0.1) is 5.10 Å². The van der Waals surface area contributed by atoms with Gasteiger partial charge in [-0.3, -0.25) is 4.79 Å². The van der Waals surface area contributed by atoms with Crippen LogP contribution >= 0.6 is 20.7 Å². The second-order valence-corrected chi connectivity index (χ2v) is 5.79. The molecule has 0 amide bonds. The fourth-order valence-corrected chi connectivity index (χ4v) is 3.38. The molecule has 0 N–H and O–H groups in total. The van der Waals surface area contributed by atoms with Crippen molar-refractivity contribution in [2.24, 2.45) is 10.2 Å². The third-order valence-corrected chi connectivity index (χ3v) is 4.39. The van der Waals surface area contributed by atoms with Crippen LogP contribution in [0, 0.1) is 0 Å². The molecule has 2 heterocycles. The maximum Gasteiger partial charge on any atom is 0.323 e. The fraction of sp³-hybridized carbons (Fsp3) is 0. The lowest BCUT2D eigenvalue weighted by molar-refractivity contribution is 0.560. The van der Waals surface area contributed by atoms with Gasteiger partial charge in [0, 0.05) is 0 Å². The van der Waals surface area contributed by atoms with Crippen LogP contribution in [0.1, 0.15) is 5.76 Å². The van der Waals surface area contributed by atoms with Crippen molar-refractivity contribution in [1.82, 2.24) is 4.57 Å². The molecule has 0 fully saturated rings. The summed E-state index contributed by atoms with van der Waals surface area (Å²) in [6.07, 6.45) is 3.07. The molecule has 0 bridgehead atoms. The maximum absolute atomic E-state index is 11.9. The summed E-state index contributed by atoms with van der Waals surface area (Å²) in [5, 5.41) is 8.03. The van der Waals surface area contributed by atoms with E-state index in [4.69, 9.17) is 4.42 Å². The van der Waals surface area contributed by atoms with Crippen LogP contribution in [0.2, 0.25) is 0 Å².